The van der Waals surface area contributed by atoms with E-state index in [0.29, 0.717) is 11.4 Å². The Morgan fingerprint density at radius 2 is 2.19 bits per heavy atom. The predicted octanol–water partition coefficient (Wildman–Crippen LogP) is 4.33. The third-order valence-electron chi connectivity index (χ3n) is 3.46. The molecule has 0 saturated heterocycles. The second kappa shape index (κ2) is 9.23. The summed E-state index contributed by atoms with van der Waals surface area (Å²) in [5, 5.41) is 11.7. The maximum absolute atomic E-state index is 12.5. The number of rotatable bonds is 6. The van der Waals surface area contributed by atoms with Gasteiger partial charge in [-0.2, -0.15) is 18.3 Å². The zero-order chi connectivity index (χ0) is 20.0. The maximum Gasteiger partial charge on any atom is 0.389 e. The Hall–Kier alpha value is -2.07. The van der Waals surface area contributed by atoms with Crippen molar-refractivity contribution in [3.05, 3.63) is 35.9 Å². The Morgan fingerprint density at radius 1 is 1.44 bits per heavy atom. The van der Waals surface area contributed by atoms with Gasteiger partial charge in [0, 0.05) is 19.2 Å². The fraction of sp³-hybridized carbons (Fsp3) is 0.375. The lowest BCUT2D eigenvalue weighted by Crippen LogP contribution is -2.35. The lowest BCUT2D eigenvalue weighted by Gasteiger charge is -2.19. The van der Waals surface area contributed by atoms with Crippen LogP contribution in [0.25, 0.3) is 5.69 Å². The van der Waals surface area contributed by atoms with E-state index in [1.165, 1.54) is 9.58 Å². The smallest absolute Gasteiger partial charge is 0.303 e. The van der Waals surface area contributed by atoms with Gasteiger partial charge in [-0.05, 0) is 31.2 Å². The highest BCUT2D eigenvalue weighted by Gasteiger charge is 2.27. The number of hydrogen-bond donors (Lipinski definition) is 1. The number of carbonyl (C=O) groups excluding carboxylic acids is 1. The molecular weight excluding hydrogens is 403 g/mol. The minimum atomic E-state index is -4.24. The molecule has 1 N–H and O–H groups in total. The molecule has 2 heterocycles. The molecule has 1 amide bonds. The number of nitrogens with one attached hydrogen (secondary N) is 1. The third kappa shape index (κ3) is 5.96. The summed E-state index contributed by atoms with van der Waals surface area (Å²) in [6.45, 7) is 1.93. The summed E-state index contributed by atoms with van der Waals surface area (Å²) in [6, 6.07) is 3.48. The molecule has 0 fully saturated rings. The highest BCUT2D eigenvalue weighted by atomic mass is 35.5. The van der Waals surface area contributed by atoms with E-state index >= 15 is 0 Å². The lowest BCUT2D eigenvalue weighted by molar-refractivity contribution is -0.134. The summed E-state index contributed by atoms with van der Waals surface area (Å²) in [7, 11) is 0. The number of halogens is 4. The summed E-state index contributed by atoms with van der Waals surface area (Å²) in [4.78, 5) is 17.8. The van der Waals surface area contributed by atoms with Gasteiger partial charge in [0.05, 0.1) is 18.1 Å². The lowest BCUT2D eigenvalue weighted by atomic mass is 10.3. The van der Waals surface area contributed by atoms with Crippen LogP contribution in [-0.2, 0) is 4.79 Å². The largest absolute Gasteiger partial charge is 0.389 e. The van der Waals surface area contributed by atoms with Gasteiger partial charge in [0.2, 0.25) is 0 Å². The molecule has 0 radical (unpaired) electrons. The van der Waals surface area contributed by atoms with Gasteiger partial charge in [0.1, 0.15) is 5.69 Å². The number of anilines is 1. The number of hydrogen-bond acceptors (Lipinski definition) is 5. The first kappa shape index (κ1) is 21.2. The first-order valence-electron chi connectivity index (χ1n) is 7.98. The molecule has 0 aliphatic carbocycles. The van der Waals surface area contributed by atoms with Crippen LogP contribution in [0.4, 0.5) is 18.9 Å². The summed E-state index contributed by atoms with van der Waals surface area (Å²) in [5.74, 6) is -0.605. The predicted molar refractivity (Wildman–Crippen MR) is 99.9 cm³/mol. The van der Waals surface area contributed by atoms with Crippen LogP contribution < -0.4 is 4.90 Å². The van der Waals surface area contributed by atoms with Gasteiger partial charge in [-0.1, -0.05) is 11.6 Å². The van der Waals surface area contributed by atoms with Gasteiger partial charge in [-0.3, -0.25) is 15.2 Å². The molecular formula is C16H17ClF3N5OS. The molecule has 2 rings (SSSR count). The number of carbonyl (C=O) groups is 1. The molecule has 0 bridgehead atoms. The Bertz CT molecular complexity index is 797. The van der Waals surface area contributed by atoms with Crippen molar-refractivity contribution < 1.29 is 18.0 Å². The Kier molecular flexibility index (Phi) is 7.25. The molecule has 0 aromatic carbocycles. The monoisotopic (exact) mass is 419 g/mol. The minimum Gasteiger partial charge on any atom is -0.303 e. The van der Waals surface area contributed by atoms with Crippen LogP contribution in [0.1, 0.15) is 19.8 Å². The average molecular weight is 420 g/mol. The van der Waals surface area contributed by atoms with Crippen molar-refractivity contribution in [2.75, 3.05) is 17.2 Å². The summed E-state index contributed by atoms with van der Waals surface area (Å²) >= 11 is 6.93. The number of pyridine rings is 1. The summed E-state index contributed by atoms with van der Waals surface area (Å²) < 4.78 is 37.9. The quantitative estimate of drug-likeness (QED) is 0.429. The topological polar surface area (TPSA) is 74.9 Å². The zero-order valence-corrected chi connectivity index (χ0v) is 15.9. The van der Waals surface area contributed by atoms with Crippen molar-refractivity contribution in [1.82, 2.24) is 14.8 Å². The highest BCUT2D eigenvalue weighted by molar-refractivity contribution is 8.15. The molecule has 0 aliphatic heterocycles. The van der Waals surface area contributed by atoms with E-state index in [1.807, 2.05) is 0 Å². The van der Waals surface area contributed by atoms with Crippen LogP contribution in [-0.4, -0.2) is 44.2 Å². The van der Waals surface area contributed by atoms with Gasteiger partial charge < -0.3 is 4.90 Å². The molecule has 2 aromatic rings. The number of thioether (sulfide) groups is 1. The first-order chi connectivity index (χ1) is 12.7. The van der Waals surface area contributed by atoms with E-state index in [9.17, 15) is 18.0 Å². The fourth-order valence-electron chi connectivity index (χ4n) is 2.20. The first-order valence-corrected chi connectivity index (χ1v) is 9.35. The second-order valence-corrected chi connectivity index (χ2v) is 6.87. The minimum absolute atomic E-state index is 0.0321. The van der Waals surface area contributed by atoms with E-state index < -0.39 is 18.5 Å². The zero-order valence-electron chi connectivity index (χ0n) is 14.3. The van der Waals surface area contributed by atoms with Crippen LogP contribution in [0, 0.1) is 5.41 Å². The van der Waals surface area contributed by atoms with Crippen LogP contribution in [0.5, 0.6) is 0 Å². The van der Waals surface area contributed by atoms with Gasteiger partial charge >= 0.3 is 6.18 Å². The fourth-order valence-corrected chi connectivity index (χ4v) is 3.16. The van der Waals surface area contributed by atoms with Gasteiger partial charge in [-0.25, -0.2) is 4.68 Å². The van der Waals surface area contributed by atoms with Crippen LogP contribution in [0.3, 0.4) is 0 Å². The average Bonchev–Trinajstić information content (AvgIpc) is 3.01. The van der Waals surface area contributed by atoms with E-state index in [-0.39, 0.29) is 28.9 Å². The Labute approximate surface area is 163 Å². The number of nitrogens with zero attached hydrogens (tertiary/aromatic N) is 4. The second-order valence-electron chi connectivity index (χ2n) is 5.41. The van der Waals surface area contributed by atoms with Crippen molar-refractivity contribution in [2.24, 2.45) is 0 Å². The van der Waals surface area contributed by atoms with E-state index in [4.69, 9.17) is 17.0 Å². The van der Waals surface area contributed by atoms with Crippen molar-refractivity contribution in [3.8, 4) is 5.69 Å². The van der Waals surface area contributed by atoms with Crippen molar-refractivity contribution in [1.29, 1.82) is 5.41 Å². The van der Waals surface area contributed by atoms with E-state index in [1.54, 1.807) is 37.6 Å². The molecule has 0 saturated carbocycles. The SMILES string of the molecule is CCN(C(=O)C(=N)SCCCC(F)(F)F)c1cn(-c2cccnc2)nc1Cl. The number of aromatic nitrogens is 3. The molecule has 11 heteroatoms. The summed E-state index contributed by atoms with van der Waals surface area (Å²) in [6.07, 6.45) is -0.615. The molecule has 146 valence electrons. The molecule has 2 aromatic heterocycles. The van der Waals surface area contributed by atoms with Gasteiger partial charge in [-0.15, -0.1) is 11.8 Å². The standard InChI is InChI=1S/C16H17ClF3N5OS/c1-2-24(15(26)14(21)27-8-4-6-16(18,19)20)12-10-25(23-13(12)17)11-5-3-7-22-9-11/h3,5,7,9-10,21H,2,4,6,8H2,1H3. The van der Waals surface area contributed by atoms with Crippen LogP contribution in [0.2, 0.25) is 5.15 Å². The molecule has 27 heavy (non-hydrogen) atoms. The molecule has 0 unspecified atom stereocenters. The Balaban J connectivity index is 2.06. The van der Waals surface area contributed by atoms with Crippen molar-refractivity contribution in [2.45, 2.75) is 25.9 Å². The molecule has 0 aliphatic rings. The number of amides is 1. The Morgan fingerprint density at radius 3 is 2.78 bits per heavy atom. The van der Waals surface area contributed by atoms with Gasteiger partial charge in [0.15, 0.2) is 10.2 Å². The normalized spacial score (nSPS) is 11.4. The van der Waals surface area contributed by atoms with Gasteiger partial charge in [0.25, 0.3) is 5.91 Å². The summed E-state index contributed by atoms with van der Waals surface area (Å²) in [5.41, 5.74) is 0.958. The maximum atomic E-state index is 12.5. The van der Waals surface area contributed by atoms with E-state index in [2.05, 4.69) is 10.1 Å². The molecule has 6 nitrogen and oxygen atoms in total. The van der Waals surface area contributed by atoms with Crippen LogP contribution in [0.15, 0.2) is 30.7 Å². The number of alkyl halides is 3. The molecule has 0 spiro atoms. The van der Waals surface area contributed by atoms with Crippen LogP contribution >= 0.6 is 23.4 Å². The van der Waals surface area contributed by atoms with Crippen molar-refractivity contribution in [3.63, 3.8) is 0 Å². The third-order valence-corrected chi connectivity index (χ3v) is 4.68. The molecule has 0 atom stereocenters. The van der Waals surface area contributed by atoms with E-state index in [0.717, 1.165) is 11.8 Å². The van der Waals surface area contributed by atoms with Crippen molar-refractivity contribution >= 4 is 40.0 Å². The highest BCUT2D eigenvalue weighted by Crippen LogP contribution is 2.27.